The molecular formula is C74H136N4O16. The normalized spacial score (nSPS) is 15.9. The van der Waals surface area contributed by atoms with Gasteiger partial charge >= 0.3 is 24.6 Å². The lowest BCUT2D eigenvalue weighted by Crippen LogP contribution is -2.47. The van der Waals surface area contributed by atoms with E-state index in [1.165, 1.54) is 103 Å². The summed E-state index contributed by atoms with van der Waals surface area (Å²) in [5, 5.41) is 45.2. The van der Waals surface area contributed by atoms with Gasteiger partial charge in [-0.25, -0.2) is 19.2 Å². The van der Waals surface area contributed by atoms with E-state index in [0.29, 0.717) is 90.9 Å². The van der Waals surface area contributed by atoms with Crippen LogP contribution in [0.4, 0.5) is 19.2 Å². The monoisotopic (exact) mass is 1340 g/mol. The number of aliphatic hydroxyl groups excluding tert-OH is 4. The number of ether oxygens (including phenoxy) is 8. The molecule has 0 aromatic rings. The van der Waals surface area contributed by atoms with Crippen LogP contribution in [0.2, 0.25) is 0 Å². The van der Waals surface area contributed by atoms with Crippen LogP contribution in [0.1, 0.15) is 246 Å². The molecule has 0 aromatic heterocycles. The Labute approximate surface area is 569 Å². The number of rotatable bonds is 56. The Morgan fingerprint density at radius 3 is 0.660 bits per heavy atom. The summed E-state index contributed by atoms with van der Waals surface area (Å²) in [5.74, 6) is 0. The molecule has 0 saturated carbocycles. The van der Waals surface area contributed by atoms with E-state index in [0.717, 1.165) is 77.0 Å². The fourth-order valence-electron chi connectivity index (χ4n) is 10.8. The van der Waals surface area contributed by atoms with Gasteiger partial charge in [-0.1, -0.05) is 153 Å². The van der Waals surface area contributed by atoms with Gasteiger partial charge in [-0.3, -0.25) is 19.6 Å². The zero-order chi connectivity index (χ0) is 68.4. The van der Waals surface area contributed by atoms with Gasteiger partial charge in [-0.2, -0.15) is 0 Å². The van der Waals surface area contributed by atoms with Crippen LogP contribution in [0.25, 0.3) is 0 Å². The van der Waals surface area contributed by atoms with Crippen molar-refractivity contribution in [3.63, 3.8) is 0 Å². The molecule has 548 valence electrons. The summed E-state index contributed by atoms with van der Waals surface area (Å²) in [6.45, 7) is 13.0. The summed E-state index contributed by atoms with van der Waals surface area (Å²) in [7, 11) is 0. The Morgan fingerprint density at radius 2 is 0.468 bits per heavy atom. The second-order valence-corrected chi connectivity index (χ2v) is 25.4. The van der Waals surface area contributed by atoms with Crippen LogP contribution in [0.5, 0.6) is 0 Å². The summed E-state index contributed by atoms with van der Waals surface area (Å²) in [5.41, 5.74) is 0. The SMILES string of the molecule is CCCCCC/C=C\CCCCOC(=O)OCC(O)CN1CCCN(CC(O)COC(=O)OCCCC/C=C\CCCCCC)CCN(CC(O)COC(=O)OCCCC/C=C\CCCCCC)CCCN(CC(O)COC(=O)OCCCC/C=C\CCCCCC)CC1. The Morgan fingerprint density at radius 1 is 0.277 bits per heavy atom. The highest BCUT2D eigenvalue weighted by Crippen LogP contribution is 2.13. The van der Waals surface area contributed by atoms with Crippen molar-refractivity contribution in [3.8, 4) is 0 Å². The van der Waals surface area contributed by atoms with E-state index in [4.69, 9.17) is 37.9 Å². The third kappa shape index (κ3) is 59.0. The minimum absolute atomic E-state index is 0.158. The molecule has 1 saturated heterocycles. The summed E-state index contributed by atoms with van der Waals surface area (Å²) in [6.07, 6.45) is 45.3. The molecule has 0 amide bonds. The van der Waals surface area contributed by atoms with E-state index in [-0.39, 0.29) is 79.0 Å². The van der Waals surface area contributed by atoms with Gasteiger partial charge in [0, 0.05) is 52.4 Å². The zero-order valence-corrected chi connectivity index (χ0v) is 59.6. The molecule has 1 rings (SSSR count). The maximum atomic E-state index is 12.6. The van der Waals surface area contributed by atoms with Crippen molar-refractivity contribution in [2.24, 2.45) is 0 Å². The molecule has 4 unspecified atom stereocenters. The largest absolute Gasteiger partial charge is 0.508 e. The van der Waals surface area contributed by atoms with Crippen molar-refractivity contribution >= 4 is 24.6 Å². The van der Waals surface area contributed by atoms with Gasteiger partial charge in [0.25, 0.3) is 0 Å². The molecule has 4 atom stereocenters. The zero-order valence-electron chi connectivity index (χ0n) is 59.6. The lowest BCUT2D eigenvalue weighted by atomic mass is 10.1. The van der Waals surface area contributed by atoms with Crippen LogP contribution < -0.4 is 0 Å². The van der Waals surface area contributed by atoms with Crippen LogP contribution in [-0.4, -0.2) is 220 Å². The Balaban J connectivity index is 3.13. The highest BCUT2D eigenvalue weighted by molar-refractivity contribution is 5.60. The smallest absolute Gasteiger partial charge is 0.434 e. The first-order valence-electron chi connectivity index (χ1n) is 37.3. The fraction of sp³-hybridized carbons (Fsp3) is 0.838. The predicted octanol–water partition coefficient (Wildman–Crippen LogP) is 14.8. The first-order chi connectivity index (χ1) is 45.9. The maximum Gasteiger partial charge on any atom is 0.508 e. The van der Waals surface area contributed by atoms with Gasteiger partial charge < -0.3 is 58.3 Å². The number of aliphatic hydroxyl groups is 4. The van der Waals surface area contributed by atoms with Gasteiger partial charge in [0.1, 0.15) is 50.8 Å². The molecular weight excluding hydrogens is 1200 g/mol. The maximum absolute atomic E-state index is 12.6. The quantitative estimate of drug-likeness (QED) is 0.0192. The number of unbranched alkanes of at least 4 members (excludes halogenated alkanes) is 24. The first-order valence-corrected chi connectivity index (χ1v) is 37.3. The van der Waals surface area contributed by atoms with E-state index in [2.05, 4.69) is 95.9 Å². The van der Waals surface area contributed by atoms with Crippen LogP contribution in [0.3, 0.4) is 0 Å². The van der Waals surface area contributed by atoms with Gasteiger partial charge in [-0.05, 0) is 167 Å². The lowest BCUT2D eigenvalue weighted by Gasteiger charge is -2.34. The van der Waals surface area contributed by atoms with E-state index in [1.807, 2.05) is 0 Å². The van der Waals surface area contributed by atoms with Crippen molar-refractivity contribution < 1.29 is 77.5 Å². The van der Waals surface area contributed by atoms with Crippen molar-refractivity contribution in [1.29, 1.82) is 0 Å². The van der Waals surface area contributed by atoms with E-state index < -0.39 is 49.0 Å². The molecule has 1 fully saturated rings. The minimum Gasteiger partial charge on any atom is -0.434 e. The number of nitrogens with zero attached hydrogens (tertiary/aromatic N) is 4. The van der Waals surface area contributed by atoms with Crippen LogP contribution in [0.15, 0.2) is 48.6 Å². The van der Waals surface area contributed by atoms with Crippen LogP contribution in [-0.2, 0) is 37.9 Å². The van der Waals surface area contributed by atoms with E-state index in [9.17, 15) is 39.6 Å². The molecule has 94 heavy (non-hydrogen) atoms. The van der Waals surface area contributed by atoms with Gasteiger partial charge in [0.15, 0.2) is 0 Å². The molecule has 1 aliphatic heterocycles. The third-order valence-corrected chi connectivity index (χ3v) is 16.3. The fourth-order valence-corrected chi connectivity index (χ4v) is 10.8. The van der Waals surface area contributed by atoms with Crippen LogP contribution in [0, 0.1) is 0 Å². The van der Waals surface area contributed by atoms with Gasteiger partial charge in [-0.15, -0.1) is 0 Å². The van der Waals surface area contributed by atoms with Crippen molar-refractivity contribution in [3.05, 3.63) is 48.6 Å². The minimum atomic E-state index is -1.05. The van der Waals surface area contributed by atoms with Crippen molar-refractivity contribution in [2.75, 3.05) is 131 Å². The number of allylic oxidation sites excluding steroid dienone is 8. The highest BCUT2D eigenvalue weighted by Gasteiger charge is 2.23. The molecule has 20 heteroatoms. The number of hydrogen-bond acceptors (Lipinski definition) is 20. The van der Waals surface area contributed by atoms with E-state index in [1.54, 1.807) is 0 Å². The molecule has 20 nitrogen and oxygen atoms in total. The molecule has 1 heterocycles. The van der Waals surface area contributed by atoms with Gasteiger partial charge in [0.05, 0.1) is 26.4 Å². The van der Waals surface area contributed by atoms with Gasteiger partial charge in [0.2, 0.25) is 0 Å². The molecule has 0 bridgehead atoms. The first kappa shape index (κ1) is 87.7. The molecule has 4 N–H and O–H groups in total. The number of β-amino-alcohol motifs (C(OH)–C–C–N with tert-alkyl or cyclic N) is 4. The summed E-state index contributed by atoms with van der Waals surface area (Å²) < 4.78 is 42.8. The Kier molecular flexibility index (Phi) is 61.6. The number of carbonyl (C=O) groups is 4. The molecule has 1 aliphatic rings. The van der Waals surface area contributed by atoms with Crippen molar-refractivity contribution in [2.45, 2.75) is 270 Å². The molecule has 0 aliphatic carbocycles. The average Bonchev–Trinajstić information content (AvgIpc) is 1.92. The average molecular weight is 1340 g/mol. The lowest BCUT2D eigenvalue weighted by molar-refractivity contribution is -0.00469. The Bertz CT molecular complexity index is 1620. The predicted molar refractivity (Wildman–Crippen MR) is 375 cm³/mol. The Hall–Kier alpha value is -4.28. The molecule has 0 radical (unpaired) electrons. The second kappa shape index (κ2) is 66.0. The highest BCUT2D eigenvalue weighted by atomic mass is 16.7. The summed E-state index contributed by atoms with van der Waals surface area (Å²) in [4.78, 5) is 58.7. The standard InChI is InChI=1S/C74H136N4O16/c1-5-9-13-17-21-25-29-33-37-41-55-87-71(83)91-63-67(79)59-75-47-45-48-77(61-69(81)65-93-73(85)89-57-43-39-35-31-27-23-19-15-11-7-3)53-54-78(62-70(82)66-94-74(86)90-58-44-40-36-32-28-24-20-16-12-8-4)50-46-49-76(52-51-75)60-68(80)64-92-72(84)88-56-42-38-34-30-26-22-18-14-10-6-2/h25-32,67-70,79-82H,5-24,33-66H2,1-4H3/b29-25-,30-26-,31-27-,32-28-. The molecule has 0 spiro atoms. The van der Waals surface area contributed by atoms with E-state index >= 15 is 0 Å². The molecule has 0 aromatic carbocycles. The summed E-state index contributed by atoms with van der Waals surface area (Å²) >= 11 is 0. The third-order valence-electron chi connectivity index (χ3n) is 16.3. The van der Waals surface area contributed by atoms with Crippen LogP contribution >= 0.6 is 0 Å². The second-order valence-electron chi connectivity index (χ2n) is 25.4. The number of carbonyl (C=O) groups excluding carboxylic acids is 4. The van der Waals surface area contributed by atoms with Crippen molar-refractivity contribution in [1.82, 2.24) is 19.6 Å². The topological polar surface area (TPSA) is 236 Å². The summed E-state index contributed by atoms with van der Waals surface area (Å²) in [6, 6.07) is 0. The number of hydrogen-bond donors (Lipinski definition) is 4.